The molecule has 5 heteroatoms. The van der Waals surface area contributed by atoms with Gasteiger partial charge in [-0.25, -0.2) is 4.79 Å². The Bertz CT molecular complexity index is 352. The maximum atomic E-state index is 11.6. The van der Waals surface area contributed by atoms with E-state index in [2.05, 4.69) is 6.58 Å². The fraction of sp³-hybridized carbons (Fsp3) is 0.500. The Labute approximate surface area is 106 Å². The Morgan fingerprint density at radius 1 is 1.71 bits per heavy atom. The van der Waals surface area contributed by atoms with E-state index in [1.807, 2.05) is 6.92 Å². The number of Topliss-reactive ketones (excluding diaryl/α,β-unsaturated/α-hetero) is 1. The third-order valence-electron chi connectivity index (χ3n) is 2.62. The second kappa shape index (κ2) is 6.45. The third-order valence-corrected chi connectivity index (χ3v) is 2.86. The van der Waals surface area contributed by atoms with Gasteiger partial charge in [0.1, 0.15) is 6.61 Å². The molecular formula is C12H16ClNO3. The van der Waals surface area contributed by atoms with Gasteiger partial charge >= 0.3 is 6.09 Å². The van der Waals surface area contributed by atoms with E-state index in [0.29, 0.717) is 18.5 Å². The van der Waals surface area contributed by atoms with Crippen LogP contribution in [0.5, 0.6) is 0 Å². The Kier molecular flexibility index (Phi) is 5.22. The highest BCUT2D eigenvalue weighted by atomic mass is 35.5. The number of ketones is 1. The van der Waals surface area contributed by atoms with Gasteiger partial charge in [-0.15, -0.1) is 11.6 Å². The van der Waals surface area contributed by atoms with Gasteiger partial charge < -0.3 is 9.64 Å². The fourth-order valence-corrected chi connectivity index (χ4v) is 1.85. The summed E-state index contributed by atoms with van der Waals surface area (Å²) in [5.74, 6) is -0.0861. The molecule has 0 aromatic rings. The summed E-state index contributed by atoms with van der Waals surface area (Å²) in [6, 6.07) is -0.0560. The molecular weight excluding hydrogens is 242 g/mol. The van der Waals surface area contributed by atoms with Crippen LogP contribution in [0.4, 0.5) is 4.79 Å². The molecule has 1 aliphatic heterocycles. The SMILES string of the molecule is C=CCOC(=O)N1CC=C(C(=O)CCl)CC1C. The number of nitrogens with zero attached hydrogens (tertiary/aromatic N) is 1. The second-order valence-corrected chi connectivity index (χ2v) is 4.12. The number of hydrogen-bond acceptors (Lipinski definition) is 3. The normalized spacial score (nSPS) is 19.5. The van der Waals surface area contributed by atoms with Crippen LogP contribution in [0.2, 0.25) is 0 Å². The van der Waals surface area contributed by atoms with Crippen LogP contribution in [-0.4, -0.2) is 41.8 Å². The highest BCUT2D eigenvalue weighted by Crippen LogP contribution is 2.19. The zero-order valence-electron chi connectivity index (χ0n) is 9.82. The largest absolute Gasteiger partial charge is 0.445 e. The number of alkyl halides is 1. The maximum absolute atomic E-state index is 11.6. The first-order valence-corrected chi connectivity index (χ1v) is 5.96. The summed E-state index contributed by atoms with van der Waals surface area (Å²) < 4.78 is 4.95. The number of carbonyl (C=O) groups is 2. The number of halogens is 1. The Morgan fingerprint density at radius 2 is 2.41 bits per heavy atom. The van der Waals surface area contributed by atoms with Gasteiger partial charge in [-0.1, -0.05) is 18.7 Å². The van der Waals surface area contributed by atoms with Gasteiger partial charge in [-0.3, -0.25) is 4.79 Å². The molecule has 1 unspecified atom stereocenters. The monoisotopic (exact) mass is 257 g/mol. The molecule has 17 heavy (non-hydrogen) atoms. The smallest absolute Gasteiger partial charge is 0.410 e. The molecule has 0 saturated carbocycles. The first-order valence-electron chi connectivity index (χ1n) is 5.42. The fourth-order valence-electron chi connectivity index (χ4n) is 1.68. The predicted molar refractivity (Wildman–Crippen MR) is 66.1 cm³/mol. The molecule has 0 radical (unpaired) electrons. The average molecular weight is 258 g/mol. The summed E-state index contributed by atoms with van der Waals surface area (Å²) in [5.41, 5.74) is 0.695. The summed E-state index contributed by atoms with van der Waals surface area (Å²) in [5, 5.41) is 0. The number of ether oxygens (including phenoxy) is 1. The molecule has 0 bridgehead atoms. The zero-order chi connectivity index (χ0) is 12.8. The van der Waals surface area contributed by atoms with Crippen LogP contribution in [0.15, 0.2) is 24.3 Å². The van der Waals surface area contributed by atoms with Crippen molar-refractivity contribution >= 4 is 23.5 Å². The molecule has 0 spiro atoms. The maximum Gasteiger partial charge on any atom is 0.410 e. The lowest BCUT2D eigenvalue weighted by molar-refractivity contribution is -0.113. The summed E-state index contributed by atoms with van der Waals surface area (Å²) in [6.07, 6.45) is 3.39. The van der Waals surface area contributed by atoms with Crippen LogP contribution >= 0.6 is 11.6 Å². The van der Waals surface area contributed by atoms with Crippen LogP contribution in [0.1, 0.15) is 13.3 Å². The van der Waals surface area contributed by atoms with E-state index in [0.717, 1.165) is 0 Å². The van der Waals surface area contributed by atoms with Crippen molar-refractivity contribution in [2.45, 2.75) is 19.4 Å². The van der Waals surface area contributed by atoms with E-state index < -0.39 is 0 Å². The molecule has 0 saturated heterocycles. The van der Waals surface area contributed by atoms with Gasteiger partial charge in [0, 0.05) is 12.6 Å². The molecule has 1 aliphatic rings. The van der Waals surface area contributed by atoms with Crippen LogP contribution in [0.25, 0.3) is 0 Å². The zero-order valence-corrected chi connectivity index (χ0v) is 10.6. The molecule has 1 rings (SSSR count). The Morgan fingerprint density at radius 3 is 2.94 bits per heavy atom. The molecule has 1 amide bonds. The minimum atomic E-state index is -0.383. The molecule has 94 valence electrons. The van der Waals surface area contributed by atoms with E-state index in [9.17, 15) is 9.59 Å². The Balaban J connectivity index is 2.62. The molecule has 1 heterocycles. The van der Waals surface area contributed by atoms with Crippen LogP contribution < -0.4 is 0 Å². The second-order valence-electron chi connectivity index (χ2n) is 3.86. The van der Waals surface area contributed by atoms with Gasteiger partial charge in [-0.2, -0.15) is 0 Å². The van der Waals surface area contributed by atoms with Crippen LogP contribution in [-0.2, 0) is 9.53 Å². The summed E-state index contributed by atoms with van der Waals surface area (Å²) >= 11 is 5.49. The predicted octanol–water partition coefficient (Wildman–Crippen LogP) is 2.14. The van der Waals surface area contributed by atoms with Crippen molar-refractivity contribution in [1.29, 1.82) is 0 Å². The summed E-state index contributed by atoms with van der Waals surface area (Å²) in [6.45, 7) is 5.93. The van der Waals surface area contributed by atoms with Crippen molar-refractivity contribution in [1.82, 2.24) is 4.90 Å². The Hall–Kier alpha value is -1.29. The molecule has 0 aliphatic carbocycles. The van der Waals surface area contributed by atoms with Crippen molar-refractivity contribution in [3.05, 3.63) is 24.3 Å². The molecule has 4 nitrogen and oxygen atoms in total. The quantitative estimate of drug-likeness (QED) is 0.573. The van der Waals surface area contributed by atoms with Gasteiger partial charge in [-0.05, 0) is 18.9 Å². The van der Waals surface area contributed by atoms with Crippen LogP contribution in [0.3, 0.4) is 0 Å². The van der Waals surface area contributed by atoms with E-state index in [1.54, 1.807) is 11.0 Å². The third kappa shape index (κ3) is 3.60. The van der Waals surface area contributed by atoms with Crippen molar-refractivity contribution in [2.24, 2.45) is 0 Å². The van der Waals surface area contributed by atoms with Crippen LogP contribution in [0, 0.1) is 0 Å². The van der Waals surface area contributed by atoms with E-state index in [-0.39, 0.29) is 30.4 Å². The molecule has 0 fully saturated rings. The number of hydrogen-bond donors (Lipinski definition) is 0. The summed E-state index contributed by atoms with van der Waals surface area (Å²) in [4.78, 5) is 24.6. The van der Waals surface area contributed by atoms with Crippen molar-refractivity contribution < 1.29 is 14.3 Å². The lowest BCUT2D eigenvalue weighted by atomic mass is 9.99. The van der Waals surface area contributed by atoms with Gasteiger partial charge in [0.05, 0.1) is 5.88 Å². The minimum absolute atomic E-state index is 0.0144. The first kappa shape index (κ1) is 13.8. The molecule has 1 atom stereocenters. The minimum Gasteiger partial charge on any atom is -0.445 e. The van der Waals surface area contributed by atoms with Gasteiger partial charge in [0.2, 0.25) is 0 Å². The average Bonchev–Trinajstić information content (AvgIpc) is 2.34. The number of rotatable bonds is 4. The lowest BCUT2D eigenvalue weighted by Crippen LogP contribution is -2.42. The van der Waals surface area contributed by atoms with E-state index >= 15 is 0 Å². The molecule has 0 N–H and O–H groups in total. The van der Waals surface area contributed by atoms with Crippen molar-refractivity contribution in [2.75, 3.05) is 19.0 Å². The number of amides is 1. The van der Waals surface area contributed by atoms with Crippen molar-refractivity contribution in [3.63, 3.8) is 0 Å². The van der Waals surface area contributed by atoms with E-state index in [1.165, 1.54) is 6.08 Å². The molecule has 0 aromatic heterocycles. The highest BCUT2D eigenvalue weighted by molar-refractivity contribution is 6.30. The van der Waals surface area contributed by atoms with Gasteiger partial charge in [0.25, 0.3) is 0 Å². The first-order chi connectivity index (χ1) is 8.10. The highest BCUT2D eigenvalue weighted by Gasteiger charge is 2.26. The number of carbonyl (C=O) groups excluding carboxylic acids is 2. The standard InChI is InChI=1S/C12H16ClNO3/c1-3-6-17-12(16)14-5-4-10(7-9(14)2)11(15)8-13/h3-4,9H,1,5-8H2,2H3. The van der Waals surface area contributed by atoms with Gasteiger partial charge in [0.15, 0.2) is 5.78 Å². The summed E-state index contributed by atoms with van der Waals surface area (Å²) in [7, 11) is 0. The molecule has 0 aromatic carbocycles. The lowest BCUT2D eigenvalue weighted by Gasteiger charge is -2.31. The topological polar surface area (TPSA) is 46.6 Å². The van der Waals surface area contributed by atoms with Crippen molar-refractivity contribution in [3.8, 4) is 0 Å². The van der Waals surface area contributed by atoms with E-state index in [4.69, 9.17) is 16.3 Å².